The molecule has 0 fully saturated rings. The van der Waals surface area contributed by atoms with Crippen LogP contribution in [0.2, 0.25) is 0 Å². The Labute approximate surface area is 175 Å². The first-order valence-electron chi connectivity index (χ1n) is 7.84. The normalized spacial score (nSPS) is 11.0. The molecule has 0 atom stereocenters. The average Bonchev–Trinajstić information content (AvgIpc) is 2.55. The minimum absolute atomic E-state index is 0. The van der Waals surface area contributed by atoms with Crippen LogP contribution in [0.15, 0.2) is 72.8 Å². The van der Waals surface area contributed by atoms with Gasteiger partial charge >= 0.3 is 0 Å². The van der Waals surface area contributed by atoms with Crippen LogP contribution in [0.4, 0.5) is 0 Å². The van der Waals surface area contributed by atoms with Gasteiger partial charge in [0.05, 0.1) is 0 Å². The van der Waals surface area contributed by atoms with Crippen molar-refractivity contribution >= 4 is 23.1 Å². The zero-order valence-electron chi connectivity index (χ0n) is 14.1. The van der Waals surface area contributed by atoms with E-state index in [4.69, 9.17) is 0 Å². The van der Waals surface area contributed by atoms with Crippen molar-refractivity contribution in [1.29, 1.82) is 0 Å². The standard InChI is InChI=1S/C21H21OP.Tb/c1-16-10-4-7-13-19(16)23(22,20-14-8-5-11-17(20)2)21-15-9-6-12-18(21)3;/h4-15H,1-3H3;. The molecule has 3 aromatic rings. The van der Waals surface area contributed by atoms with Crippen LogP contribution in [0.1, 0.15) is 16.7 Å². The molecular weight excluding hydrogens is 458 g/mol. The van der Waals surface area contributed by atoms with Crippen LogP contribution in [-0.4, -0.2) is 0 Å². The van der Waals surface area contributed by atoms with Gasteiger partial charge in [-0.15, -0.1) is 0 Å². The monoisotopic (exact) mass is 479 g/mol. The number of benzene rings is 3. The second kappa shape index (κ2) is 8.04. The zero-order valence-corrected chi connectivity index (χ0v) is 17.2. The summed E-state index contributed by atoms with van der Waals surface area (Å²) in [6.07, 6.45) is 0. The predicted octanol–water partition coefficient (Wildman–Crippen LogP) is 4.25. The summed E-state index contributed by atoms with van der Waals surface area (Å²) in [4.78, 5) is 0. The Bertz CT molecular complexity index is 784. The average molecular weight is 479 g/mol. The molecule has 0 bridgehead atoms. The molecule has 3 heteroatoms. The second-order valence-electron chi connectivity index (χ2n) is 5.97. The molecule has 125 valence electrons. The number of rotatable bonds is 3. The molecule has 3 aromatic carbocycles. The molecule has 1 radical (unpaired) electrons. The van der Waals surface area contributed by atoms with E-state index in [1.54, 1.807) is 0 Å². The molecule has 1 nitrogen and oxygen atoms in total. The summed E-state index contributed by atoms with van der Waals surface area (Å²) in [5, 5.41) is 2.80. The summed E-state index contributed by atoms with van der Waals surface area (Å²) in [6, 6.07) is 24.1. The molecule has 0 aliphatic carbocycles. The minimum atomic E-state index is -2.89. The summed E-state index contributed by atoms with van der Waals surface area (Å²) >= 11 is 0. The van der Waals surface area contributed by atoms with Crippen LogP contribution in [0.25, 0.3) is 0 Å². The molecule has 0 saturated carbocycles. The molecule has 0 amide bonds. The topological polar surface area (TPSA) is 17.1 Å². The largest absolute Gasteiger partial charge is 0.309 e. The van der Waals surface area contributed by atoms with E-state index in [2.05, 4.69) is 0 Å². The van der Waals surface area contributed by atoms with Gasteiger partial charge in [-0.05, 0) is 37.5 Å². The molecular formula is C21H21OPTb. The van der Waals surface area contributed by atoms with Crippen molar-refractivity contribution in [3.05, 3.63) is 89.5 Å². The molecule has 0 heterocycles. The molecule has 0 aliphatic rings. The third kappa shape index (κ3) is 3.42. The Morgan fingerprint density at radius 3 is 1.04 bits per heavy atom. The van der Waals surface area contributed by atoms with Crippen LogP contribution >= 0.6 is 7.14 Å². The van der Waals surface area contributed by atoms with Gasteiger partial charge in [0.1, 0.15) is 0 Å². The molecule has 0 spiro atoms. The first-order valence-corrected chi connectivity index (χ1v) is 9.54. The van der Waals surface area contributed by atoms with E-state index >= 15 is 0 Å². The molecule has 24 heavy (non-hydrogen) atoms. The maximum atomic E-state index is 14.5. The van der Waals surface area contributed by atoms with Crippen LogP contribution in [-0.2, 0) is 4.57 Å². The molecule has 0 N–H and O–H groups in total. The van der Waals surface area contributed by atoms with Crippen molar-refractivity contribution in [2.24, 2.45) is 0 Å². The van der Waals surface area contributed by atoms with E-state index in [1.165, 1.54) is 0 Å². The summed E-state index contributed by atoms with van der Waals surface area (Å²) < 4.78 is 14.5. The van der Waals surface area contributed by atoms with E-state index in [9.17, 15) is 4.57 Å². The van der Waals surface area contributed by atoms with E-state index in [0.29, 0.717) is 0 Å². The van der Waals surface area contributed by atoms with Crippen LogP contribution in [0, 0.1) is 59.4 Å². The fourth-order valence-electron chi connectivity index (χ4n) is 3.14. The summed E-state index contributed by atoms with van der Waals surface area (Å²) in [6.45, 7) is 6.12. The Kier molecular flexibility index (Phi) is 6.53. The van der Waals surface area contributed by atoms with Crippen molar-refractivity contribution in [3.8, 4) is 0 Å². The first-order chi connectivity index (χ1) is 11.0. The van der Waals surface area contributed by atoms with E-state index in [1.807, 2.05) is 93.6 Å². The van der Waals surface area contributed by atoms with Gasteiger partial charge in [0.25, 0.3) is 0 Å². The maximum absolute atomic E-state index is 14.5. The number of hydrogen-bond acceptors (Lipinski definition) is 1. The van der Waals surface area contributed by atoms with Gasteiger partial charge in [-0.3, -0.25) is 0 Å². The molecule has 0 aromatic heterocycles. The summed E-state index contributed by atoms with van der Waals surface area (Å²) in [5.74, 6) is 0. The fourth-order valence-corrected chi connectivity index (χ4v) is 6.52. The summed E-state index contributed by atoms with van der Waals surface area (Å²) in [5.41, 5.74) is 3.21. The van der Waals surface area contributed by atoms with Crippen molar-refractivity contribution in [2.75, 3.05) is 0 Å². The van der Waals surface area contributed by atoms with Crippen molar-refractivity contribution in [3.63, 3.8) is 0 Å². The van der Waals surface area contributed by atoms with Crippen molar-refractivity contribution < 1.29 is 43.2 Å². The van der Waals surface area contributed by atoms with Gasteiger partial charge in [0.15, 0.2) is 7.14 Å². The van der Waals surface area contributed by atoms with Gasteiger partial charge in [-0.25, -0.2) is 0 Å². The van der Waals surface area contributed by atoms with Crippen molar-refractivity contribution in [2.45, 2.75) is 20.8 Å². The SMILES string of the molecule is Cc1ccccc1P(=O)(c1ccccc1C)c1ccccc1C.[Tb]. The van der Waals surface area contributed by atoms with Crippen LogP contribution in [0.3, 0.4) is 0 Å². The zero-order chi connectivity index (χ0) is 16.4. The smallest absolute Gasteiger partial charge is 0.171 e. The fraction of sp³-hybridized carbons (Fsp3) is 0.143. The van der Waals surface area contributed by atoms with E-state index in [0.717, 1.165) is 32.6 Å². The van der Waals surface area contributed by atoms with E-state index in [-0.39, 0.29) is 38.6 Å². The Morgan fingerprint density at radius 1 is 0.542 bits per heavy atom. The van der Waals surface area contributed by atoms with Gasteiger partial charge in [0, 0.05) is 54.5 Å². The quantitative estimate of drug-likeness (QED) is 0.514. The number of hydrogen-bond donors (Lipinski definition) is 0. The first kappa shape index (κ1) is 19.5. The van der Waals surface area contributed by atoms with Crippen LogP contribution < -0.4 is 15.9 Å². The van der Waals surface area contributed by atoms with Gasteiger partial charge in [-0.1, -0.05) is 72.8 Å². The Hall–Kier alpha value is -0.824. The van der Waals surface area contributed by atoms with Gasteiger partial charge in [0.2, 0.25) is 0 Å². The van der Waals surface area contributed by atoms with Gasteiger partial charge in [-0.2, -0.15) is 0 Å². The number of aryl methyl sites for hydroxylation is 3. The molecule has 0 saturated heterocycles. The Balaban J connectivity index is 0.00000208. The predicted molar refractivity (Wildman–Crippen MR) is 100 cm³/mol. The molecule has 0 aliphatic heterocycles. The third-order valence-electron chi connectivity index (χ3n) is 4.36. The van der Waals surface area contributed by atoms with Crippen molar-refractivity contribution in [1.82, 2.24) is 0 Å². The summed E-state index contributed by atoms with van der Waals surface area (Å²) in [7, 11) is -2.89. The van der Waals surface area contributed by atoms with E-state index < -0.39 is 7.14 Å². The maximum Gasteiger partial charge on any atom is 0.171 e. The molecule has 3 rings (SSSR count). The van der Waals surface area contributed by atoms with Crippen LogP contribution in [0.5, 0.6) is 0 Å². The second-order valence-corrected chi connectivity index (χ2v) is 8.63. The Morgan fingerprint density at radius 2 is 0.792 bits per heavy atom. The third-order valence-corrected chi connectivity index (χ3v) is 7.90. The van der Waals surface area contributed by atoms with Gasteiger partial charge < -0.3 is 4.57 Å². The minimum Gasteiger partial charge on any atom is -0.309 e. The molecule has 0 unspecified atom stereocenters.